The summed E-state index contributed by atoms with van der Waals surface area (Å²) in [6, 6.07) is 10.3. The first kappa shape index (κ1) is 17.6. The van der Waals surface area contributed by atoms with Gasteiger partial charge in [-0.05, 0) is 34.3 Å². The number of thiophene rings is 3. The van der Waals surface area contributed by atoms with Crippen molar-refractivity contribution >= 4 is 51.3 Å². The highest BCUT2D eigenvalue weighted by molar-refractivity contribution is 7.14. The van der Waals surface area contributed by atoms with Crippen LogP contribution >= 0.6 is 45.3 Å². The molecular formula is C19H16N2OS4. The van der Waals surface area contributed by atoms with E-state index in [9.17, 15) is 4.79 Å². The van der Waals surface area contributed by atoms with Gasteiger partial charge >= 0.3 is 0 Å². The van der Waals surface area contributed by atoms with Gasteiger partial charge in [-0.25, -0.2) is 4.98 Å². The summed E-state index contributed by atoms with van der Waals surface area (Å²) in [5.41, 5.74) is 1.98. The molecule has 0 radical (unpaired) electrons. The lowest BCUT2D eigenvalue weighted by Gasteiger charge is -2.21. The topological polar surface area (TPSA) is 33.2 Å². The average molecular weight is 417 g/mol. The van der Waals surface area contributed by atoms with Crippen molar-refractivity contribution in [2.75, 3.05) is 0 Å². The average Bonchev–Trinajstić information content (AvgIpc) is 3.41. The van der Waals surface area contributed by atoms with E-state index >= 15 is 0 Å². The van der Waals surface area contributed by atoms with Crippen molar-refractivity contribution in [2.24, 2.45) is 0 Å². The van der Waals surface area contributed by atoms with Crippen LogP contribution in [0.1, 0.15) is 15.4 Å². The van der Waals surface area contributed by atoms with Gasteiger partial charge in [0.1, 0.15) is 5.01 Å². The molecule has 132 valence electrons. The Morgan fingerprint density at radius 1 is 0.923 bits per heavy atom. The van der Waals surface area contributed by atoms with Crippen LogP contribution in [0.2, 0.25) is 0 Å². The van der Waals surface area contributed by atoms with Gasteiger partial charge in [0, 0.05) is 26.1 Å². The first-order valence-corrected chi connectivity index (χ1v) is 11.7. The van der Waals surface area contributed by atoms with Crippen molar-refractivity contribution in [1.29, 1.82) is 0 Å². The van der Waals surface area contributed by atoms with E-state index in [0.29, 0.717) is 19.5 Å². The number of carbonyl (C=O) groups excluding carboxylic acids is 1. The summed E-state index contributed by atoms with van der Waals surface area (Å²) in [4.78, 5) is 21.9. The Hall–Kier alpha value is -1.80. The molecule has 26 heavy (non-hydrogen) atoms. The number of hydrogen-bond acceptors (Lipinski definition) is 6. The first-order chi connectivity index (χ1) is 12.8. The molecule has 7 heteroatoms. The van der Waals surface area contributed by atoms with Crippen LogP contribution in [-0.4, -0.2) is 15.8 Å². The summed E-state index contributed by atoms with van der Waals surface area (Å²) in [6.07, 6.45) is 0.345. The summed E-state index contributed by atoms with van der Waals surface area (Å²) in [6.45, 7) is 1.30. The Morgan fingerprint density at radius 3 is 2.23 bits per heavy atom. The van der Waals surface area contributed by atoms with Crippen molar-refractivity contribution in [3.63, 3.8) is 0 Å². The smallest absolute Gasteiger partial charge is 0.229 e. The first-order valence-electron chi connectivity index (χ1n) is 8.07. The standard InChI is InChI=1S/C19H16N2OS4/c22-18(9-15-13-26-19(20-15)14-5-8-23-12-14)21(10-16-3-1-6-24-16)11-17-4-2-7-25-17/h1-8,12-13H,9-11H2. The zero-order chi connectivity index (χ0) is 17.8. The number of aromatic nitrogens is 1. The zero-order valence-electron chi connectivity index (χ0n) is 13.8. The van der Waals surface area contributed by atoms with Gasteiger partial charge in [0.15, 0.2) is 0 Å². The third kappa shape index (κ3) is 4.29. The van der Waals surface area contributed by atoms with Crippen LogP contribution in [-0.2, 0) is 24.3 Å². The molecule has 1 amide bonds. The van der Waals surface area contributed by atoms with E-state index in [4.69, 9.17) is 0 Å². The number of rotatable bonds is 7. The summed E-state index contributed by atoms with van der Waals surface area (Å²) in [7, 11) is 0. The van der Waals surface area contributed by atoms with Crippen LogP contribution in [0, 0.1) is 0 Å². The molecule has 0 aromatic carbocycles. The Bertz CT molecular complexity index is 904. The second kappa shape index (κ2) is 8.26. The molecule has 0 fully saturated rings. The number of hydrogen-bond donors (Lipinski definition) is 0. The fourth-order valence-corrected chi connectivity index (χ4v) is 5.56. The summed E-state index contributed by atoms with van der Waals surface area (Å²) in [5, 5.41) is 11.2. The highest BCUT2D eigenvalue weighted by atomic mass is 32.1. The highest BCUT2D eigenvalue weighted by Gasteiger charge is 2.18. The number of carbonyl (C=O) groups is 1. The van der Waals surface area contributed by atoms with Gasteiger partial charge in [0.05, 0.1) is 25.2 Å². The van der Waals surface area contributed by atoms with E-state index in [2.05, 4.69) is 39.3 Å². The van der Waals surface area contributed by atoms with Crippen LogP contribution in [0.5, 0.6) is 0 Å². The van der Waals surface area contributed by atoms with Gasteiger partial charge < -0.3 is 4.90 Å². The van der Waals surface area contributed by atoms with E-state index in [-0.39, 0.29) is 5.91 Å². The monoisotopic (exact) mass is 416 g/mol. The van der Waals surface area contributed by atoms with Crippen molar-refractivity contribution in [2.45, 2.75) is 19.5 Å². The highest BCUT2D eigenvalue weighted by Crippen LogP contribution is 2.26. The second-order valence-electron chi connectivity index (χ2n) is 5.74. The Morgan fingerprint density at radius 2 is 1.65 bits per heavy atom. The van der Waals surface area contributed by atoms with Crippen LogP contribution in [0.25, 0.3) is 10.6 Å². The van der Waals surface area contributed by atoms with Crippen molar-refractivity contribution in [1.82, 2.24) is 9.88 Å². The summed E-state index contributed by atoms with van der Waals surface area (Å²) in [5.74, 6) is 0.119. The number of thiazole rings is 1. The van der Waals surface area contributed by atoms with E-state index in [1.54, 1.807) is 45.3 Å². The molecule has 0 aliphatic heterocycles. The molecule has 4 heterocycles. The molecule has 0 N–H and O–H groups in total. The minimum absolute atomic E-state index is 0.119. The van der Waals surface area contributed by atoms with Crippen LogP contribution in [0.4, 0.5) is 0 Å². The maximum atomic E-state index is 13.0. The second-order valence-corrected chi connectivity index (χ2v) is 9.44. The normalized spacial score (nSPS) is 10.9. The lowest BCUT2D eigenvalue weighted by molar-refractivity contribution is -0.131. The van der Waals surface area contributed by atoms with E-state index in [1.165, 1.54) is 9.75 Å². The Balaban J connectivity index is 1.48. The molecule has 3 nitrogen and oxygen atoms in total. The molecule has 0 aliphatic rings. The molecule has 0 unspecified atom stereocenters. The maximum Gasteiger partial charge on any atom is 0.229 e. The van der Waals surface area contributed by atoms with Gasteiger partial charge in [0.25, 0.3) is 0 Å². The summed E-state index contributed by atoms with van der Waals surface area (Å²) >= 11 is 6.64. The van der Waals surface area contributed by atoms with Crippen molar-refractivity contribution < 1.29 is 4.79 Å². The molecule has 0 saturated heterocycles. The molecule has 4 rings (SSSR count). The lowest BCUT2D eigenvalue weighted by Crippen LogP contribution is -2.31. The largest absolute Gasteiger partial charge is 0.332 e. The molecule has 4 aromatic rings. The van der Waals surface area contributed by atoms with Gasteiger partial charge in [0.2, 0.25) is 5.91 Å². The predicted molar refractivity (Wildman–Crippen MR) is 112 cm³/mol. The molecule has 4 aromatic heterocycles. The minimum atomic E-state index is 0.119. The van der Waals surface area contributed by atoms with Gasteiger partial charge in [-0.15, -0.1) is 34.0 Å². The lowest BCUT2D eigenvalue weighted by atomic mass is 10.2. The molecule has 0 spiro atoms. The zero-order valence-corrected chi connectivity index (χ0v) is 17.1. The van der Waals surface area contributed by atoms with Crippen molar-refractivity contribution in [3.05, 3.63) is 72.7 Å². The SMILES string of the molecule is O=C(Cc1csc(-c2ccsc2)n1)N(Cc1cccs1)Cc1cccs1. The maximum absolute atomic E-state index is 13.0. The number of nitrogens with zero attached hydrogens (tertiary/aromatic N) is 2. The summed E-state index contributed by atoms with van der Waals surface area (Å²) < 4.78 is 0. The van der Waals surface area contributed by atoms with E-state index in [1.807, 2.05) is 27.8 Å². The Labute approximate surface area is 168 Å². The molecular weight excluding hydrogens is 400 g/mol. The fourth-order valence-electron chi connectivity index (χ4n) is 2.59. The molecule has 0 atom stereocenters. The molecule has 0 aliphatic carbocycles. The van der Waals surface area contributed by atoms with Crippen molar-refractivity contribution in [3.8, 4) is 10.6 Å². The Kier molecular flexibility index (Phi) is 5.59. The van der Waals surface area contributed by atoms with E-state index in [0.717, 1.165) is 16.3 Å². The minimum Gasteiger partial charge on any atom is -0.332 e. The van der Waals surface area contributed by atoms with Gasteiger partial charge in [-0.3, -0.25) is 4.79 Å². The third-order valence-electron chi connectivity index (χ3n) is 3.86. The quantitative estimate of drug-likeness (QED) is 0.383. The van der Waals surface area contributed by atoms with E-state index < -0.39 is 0 Å². The van der Waals surface area contributed by atoms with Gasteiger partial charge in [-0.2, -0.15) is 11.3 Å². The van der Waals surface area contributed by atoms with Crippen LogP contribution in [0.3, 0.4) is 0 Å². The predicted octanol–water partition coefficient (Wildman–Crippen LogP) is 5.77. The molecule has 0 saturated carbocycles. The van der Waals surface area contributed by atoms with Crippen LogP contribution in [0.15, 0.2) is 57.2 Å². The van der Waals surface area contributed by atoms with Crippen LogP contribution < -0.4 is 0 Å². The van der Waals surface area contributed by atoms with Gasteiger partial charge in [-0.1, -0.05) is 12.1 Å². The third-order valence-corrected chi connectivity index (χ3v) is 7.20. The number of amides is 1. The fraction of sp³-hybridized carbons (Fsp3) is 0.158. The molecule has 0 bridgehead atoms.